The zero-order valence-electron chi connectivity index (χ0n) is 18.3. The second-order valence-corrected chi connectivity index (χ2v) is 9.22. The maximum Gasteiger partial charge on any atom is 0.255 e. The van der Waals surface area contributed by atoms with Gasteiger partial charge in [0.05, 0.1) is 28.8 Å². The Morgan fingerprint density at radius 3 is 2.21 bits per heavy atom. The lowest BCUT2D eigenvalue weighted by Gasteiger charge is -2.59. The molecular weight excluding hydrogens is 452 g/mol. The summed E-state index contributed by atoms with van der Waals surface area (Å²) in [4.78, 5) is 39.8. The minimum absolute atomic E-state index is 0.110. The molecule has 12 nitrogen and oxygen atoms in total. The van der Waals surface area contributed by atoms with Gasteiger partial charge < -0.3 is 41.5 Å². The average Bonchev–Trinajstić information content (AvgIpc) is 2.72. The van der Waals surface area contributed by atoms with Crippen LogP contribution in [0.25, 0.3) is 5.76 Å². The summed E-state index contributed by atoms with van der Waals surface area (Å²) in [5.41, 5.74) is -6.25. The number of hydrogen-bond donors (Lipinski definition) is 8. The van der Waals surface area contributed by atoms with E-state index in [4.69, 9.17) is 5.73 Å². The summed E-state index contributed by atoms with van der Waals surface area (Å²) < 4.78 is 0. The zero-order chi connectivity index (χ0) is 25.7. The number of aliphatic hydroxyl groups excluding tert-OH is 3. The highest BCUT2D eigenvalue weighted by molar-refractivity contribution is 6.25. The topological polar surface area (TPSA) is 222 Å². The fourth-order valence-electron chi connectivity index (χ4n) is 5.66. The van der Waals surface area contributed by atoms with E-state index in [-0.39, 0.29) is 11.1 Å². The fourth-order valence-corrected chi connectivity index (χ4v) is 5.66. The first-order valence-electron chi connectivity index (χ1n) is 10.2. The molecule has 3 aliphatic carbocycles. The number of Topliss-reactive ketones (excluding diaryl/α,β-unsaturated/α-hetero) is 2. The molecule has 1 amide bonds. The minimum Gasteiger partial charge on any atom is -0.508 e. The molecule has 0 heterocycles. The molecule has 6 atom stereocenters. The van der Waals surface area contributed by atoms with Crippen molar-refractivity contribution in [3.8, 4) is 5.75 Å². The van der Waals surface area contributed by atoms with Crippen LogP contribution >= 0.6 is 0 Å². The van der Waals surface area contributed by atoms with Crippen LogP contribution in [0.5, 0.6) is 5.75 Å². The number of likely N-dealkylation sites (N-methyl/N-ethyl adjacent to an activating group) is 1. The van der Waals surface area contributed by atoms with E-state index in [1.165, 1.54) is 26.2 Å². The highest BCUT2D eigenvalue weighted by Crippen LogP contribution is 2.58. The van der Waals surface area contributed by atoms with Crippen LogP contribution in [-0.2, 0) is 20.0 Å². The predicted molar refractivity (Wildman–Crippen MR) is 113 cm³/mol. The van der Waals surface area contributed by atoms with E-state index in [1.54, 1.807) is 0 Å². The van der Waals surface area contributed by atoms with Crippen LogP contribution in [0.3, 0.4) is 0 Å². The number of benzene rings is 1. The molecule has 0 bridgehead atoms. The molecule has 0 saturated heterocycles. The van der Waals surface area contributed by atoms with Gasteiger partial charge in [-0.1, -0.05) is 12.1 Å². The number of ketones is 2. The number of nitrogens with two attached hydrogens (primary N) is 1. The largest absolute Gasteiger partial charge is 0.508 e. The number of primary amides is 1. The van der Waals surface area contributed by atoms with Crippen LogP contribution in [0, 0.1) is 5.92 Å². The Morgan fingerprint density at radius 2 is 1.68 bits per heavy atom. The Balaban J connectivity index is 2.16. The first-order chi connectivity index (χ1) is 15.6. The third kappa shape index (κ3) is 2.41. The number of phenolic OH excluding ortho intramolecular Hbond substituents is 1. The minimum atomic E-state index is -3.53. The zero-order valence-corrected chi connectivity index (χ0v) is 18.3. The van der Waals surface area contributed by atoms with Crippen molar-refractivity contribution in [3.05, 3.63) is 46.2 Å². The van der Waals surface area contributed by atoms with Gasteiger partial charge in [-0.3, -0.25) is 19.3 Å². The average molecular weight is 476 g/mol. The lowest BCUT2D eigenvalue weighted by atomic mass is 9.51. The molecule has 3 aliphatic rings. The molecular formula is C22H24N2O10. The number of aromatic hydroxyl groups is 1. The van der Waals surface area contributed by atoms with Crippen molar-refractivity contribution in [2.75, 3.05) is 14.1 Å². The van der Waals surface area contributed by atoms with Gasteiger partial charge in [0.1, 0.15) is 23.1 Å². The second-order valence-electron chi connectivity index (χ2n) is 9.22. The molecule has 1 unspecified atom stereocenters. The molecule has 0 spiro atoms. The summed E-state index contributed by atoms with van der Waals surface area (Å²) in [7, 11) is 2.49. The number of hydrogen-bond acceptors (Lipinski definition) is 11. The maximum absolute atomic E-state index is 13.7. The molecule has 1 aromatic carbocycles. The number of phenols is 1. The van der Waals surface area contributed by atoms with Gasteiger partial charge in [-0.15, -0.1) is 0 Å². The molecule has 4 rings (SSSR count). The normalized spacial score (nSPS) is 37.5. The molecule has 0 radical (unpaired) electrons. The third-order valence-corrected chi connectivity index (χ3v) is 7.17. The van der Waals surface area contributed by atoms with E-state index in [1.807, 2.05) is 0 Å². The molecule has 1 aromatic rings. The van der Waals surface area contributed by atoms with Gasteiger partial charge in [0.15, 0.2) is 17.1 Å². The number of nitrogens with zero attached hydrogens (tertiary/aromatic N) is 1. The smallest absolute Gasteiger partial charge is 0.255 e. The Kier molecular flexibility index (Phi) is 4.82. The van der Waals surface area contributed by atoms with Crippen LogP contribution in [0.15, 0.2) is 35.1 Å². The Bertz CT molecular complexity index is 1230. The van der Waals surface area contributed by atoms with E-state index in [0.29, 0.717) is 0 Å². The highest BCUT2D eigenvalue weighted by Gasteiger charge is 2.78. The fraction of sp³-hybridized carbons (Fsp3) is 0.409. The van der Waals surface area contributed by atoms with Crippen molar-refractivity contribution in [2.45, 2.75) is 35.9 Å². The van der Waals surface area contributed by atoms with Gasteiger partial charge in [0.2, 0.25) is 11.4 Å². The van der Waals surface area contributed by atoms with Crippen LogP contribution in [0.2, 0.25) is 0 Å². The molecule has 1 fully saturated rings. The quantitative estimate of drug-likeness (QED) is 0.212. The Morgan fingerprint density at radius 1 is 1.09 bits per heavy atom. The van der Waals surface area contributed by atoms with Gasteiger partial charge in [0.25, 0.3) is 5.91 Å². The molecule has 0 aliphatic heterocycles. The monoisotopic (exact) mass is 476 g/mol. The van der Waals surface area contributed by atoms with E-state index >= 15 is 0 Å². The summed E-state index contributed by atoms with van der Waals surface area (Å²) in [6.07, 6.45) is -2.37. The molecule has 34 heavy (non-hydrogen) atoms. The van der Waals surface area contributed by atoms with Gasteiger partial charge in [-0.05, 0) is 32.6 Å². The van der Waals surface area contributed by atoms with E-state index in [9.17, 15) is 50.1 Å². The van der Waals surface area contributed by atoms with Gasteiger partial charge in [-0.2, -0.15) is 0 Å². The lowest BCUT2D eigenvalue weighted by molar-refractivity contribution is -0.251. The van der Waals surface area contributed by atoms with Crippen LogP contribution < -0.4 is 5.73 Å². The van der Waals surface area contributed by atoms with Gasteiger partial charge in [0, 0.05) is 0 Å². The number of fused-ring (bicyclic) bond motifs is 3. The standard InChI is InChI=1S/C22H24N2O10/c1-20(32)7-5-4-6-8(25)9(7)13(26)10-12(20)18(30)21(33)15(24(2)3)14(27)11(19(23)31)17(29)22(21,34)16(10)28/h4-6,12,15,18,25-26,29-30,32-34H,1-3H3,(H2,23,31)/t12-,15-,18+,20-,21?,22+/m1/s1. The molecule has 12 heteroatoms. The second kappa shape index (κ2) is 6.87. The number of aliphatic hydroxyl groups is 6. The number of carbonyl (C=O) groups is 3. The summed E-state index contributed by atoms with van der Waals surface area (Å²) in [5.74, 6) is -9.30. The SMILES string of the molecule is CN(C)[C@@H]1C(=O)C(C(N)=O)=C(O)[C@@]2(O)C(=O)C3=C(O)c4c(O)cccc4[C@@](C)(O)[C@H]3[C@H](O)C12O. The van der Waals surface area contributed by atoms with Crippen molar-refractivity contribution in [2.24, 2.45) is 11.7 Å². The van der Waals surface area contributed by atoms with Crippen molar-refractivity contribution >= 4 is 23.2 Å². The third-order valence-electron chi connectivity index (χ3n) is 7.17. The number of amides is 1. The maximum atomic E-state index is 13.7. The van der Waals surface area contributed by atoms with Crippen molar-refractivity contribution in [1.82, 2.24) is 4.90 Å². The molecule has 0 aromatic heterocycles. The Labute approximate surface area is 192 Å². The molecule has 9 N–H and O–H groups in total. The summed E-state index contributed by atoms with van der Waals surface area (Å²) >= 11 is 0. The van der Waals surface area contributed by atoms with E-state index < -0.39 is 80.8 Å². The van der Waals surface area contributed by atoms with Crippen molar-refractivity contribution in [1.29, 1.82) is 0 Å². The molecule has 1 saturated carbocycles. The van der Waals surface area contributed by atoms with Crippen LogP contribution in [0.4, 0.5) is 0 Å². The van der Waals surface area contributed by atoms with Crippen molar-refractivity contribution in [3.63, 3.8) is 0 Å². The summed E-state index contributed by atoms with van der Waals surface area (Å²) in [5, 5.41) is 78.1. The number of carbonyl (C=O) groups excluding carboxylic acids is 3. The van der Waals surface area contributed by atoms with Crippen LogP contribution in [0.1, 0.15) is 18.1 Å². The van der Waals surface area contributed by atoms with E-state index in [2.05, 4.69) is 0 Å². The lowest BCUT2D eigenvalue weighted by Crippen LogP contribution is -2.82. The first-order valence-corrected chi connectivity index (χ1v) is 10.2. The van der Waals surface area contributed by atoms with Gasteiger partial charge in [-0.25, -0.2) is 0 Å². The Hall–Kier alpha value is -3.29. The summed E-state index contributed by atoms with van der Waals surface area (Å²) in [6.45, 7) is 1.15. The highest BCUT2D eigenvalue weighted by atomic mass is 16.4. The predicted octanol–water partition coefficient (Wildman–Crippen LogP) is -2.29. The van der Waals surface area contributed by atoms with Crippen LogP contribution in [-0.4, -0.2) is 95.6 Å². The van der Waals surface area contributed by atoms with Gasteiger partial charge >= 0.3 is 0 Å². The van der Waals surface area contributed by atoms with E-state index in [0.717, 1.165) is 17.9 Å². The van der Waals surface area contributed by atoms with Crippen molar-refractivity contribution < 1.29 is 50.1 Å². The summed E-state index contributed by atoms with van der Waals surface area (Å²) in [6, 6.07) is 1.82. The number of rotatable bonds is 2. The first kappa shape index (κ1) is 23.9. The molecule has 182 valence electrons.